The summed E-state index contributed by atoms with van der Waals surface area (Å²) in [5.74, 6) is 3.74. The number of ketones is 1. The van der Waals surface area contributed by atoms with E-state index < -0.39 is 0 Å². The predicted molar refractivity (Wildman–Crippen MR) is 129 cm³/mol. The number of hydrogen-bond acceptors (Lipinski definition) is 3. The number of carbonyl (C=O) groups is 2. The molecular formula is C29H46O3. The van der Waals surface area contributed by atoms with Crippen LogP contribution in [-0.2, 0) is 14.3 Å². The van der Waals surface area contributed by atoms with Gasteiger partial charge < -0.3 is 4.74 Å². The van der Waals surface area contributed by atoms with Crippen molar-refractivity contribution in [2.24, 2.45) is 46.3 Å². The Morgan fingerprint density at radius 2 is 1.81 bits per heavy atom. The second-order valence-electron chi connectivity index (χ2n) is 12.7. The highest BCUT2D eigenvalue weighted by Crippen LogP contribution is 2.66. The number of allylic oxidation sites excluding steroid dienone is 1. The van der Waals surface area contributed by atoms with Crippen LogP contribution in [0.25, 0.3) is 0 Å². The highest BCUT2D eigenvalue weighted by molar-refractivity contribution is 5.94. The molecule has 3 nitrogen and oxygen atoms in total. The summed E-state index contributed by atoms with van der Waals surface area (Å²) < 4.78 is 5.54. The van der Waals surface area contributed by atoms with E-state index in [1.165, 1.54) is 57.4 Å². The maximum atomic E-state index is 13.6. The van der Waals surface area contributed by atoms with Crippen molar-refractivity contribution in [3.63, 3.8) is 0 Å². The summed E-state index contributed by atoms with van der Waals surface area (Å²) in [6.07, 6.45) is 13.7. The van der Waals surface area contributed by atoms with Gasteiger partial charge in [-0.15, -0.1) is 0 Å². The van der Waals surface area contributed by atoms with Crippen LogP contribution < -0.4 is 0 Å². The molecule has 32 heavy (non-hydrogen) atoms. The molecule has 0 saturated heterocycles. The molecule has 180 valence electrons. The fourth-order valence-electron chi connectivity index (χ4n) is 8.73. The molecule has 4 rings (SSSR count). The molecule has 4 aliphatic rings. The second-order valence-corrected chi connectivity index (χ2v) is 12.7. The normalized spacial score (nSPS) is 42.0. The van der Waals surface area contributed by atoms with Gasteiger partial charge in [-0.2, -0.15) is 0 Å². The smallest absolute Gasteiger partial charge is 0.302 e. The van der Waals surface area contributed by atoms with E-state index in [9.17, 15) is 9.59 Å². The average molecular weight is 443 g/mol. The Morgan fingerprint density at radius 1 is 1.06 bits per heavy atom. The lowest BCUT2D eigenvalue weighted by Gasteiger charge is -2.57. The minimum atomic E-state index is -0.202. The summed E-state index contributed by atoms with van der Waals surface area (Å²) in [6.45, 7) is 13.6. The average Bonchev–Trinajstić information content (AvgIpc) is 3.05. The zero-order valence-electron chi connectivity index (χ0n) is 21.4. The van der Waals surface area contributed by atoms with Crippen LogP contribution in [0.3, 0.4) is 0 Å². The highest BCUT2D eigenvalue weighted by Gasteiger charge is 2.61. The summed E-state index contributed by atoms with van der Waals surface area (Å²) >= 11 is 0. The molecule has 3 heteroatoms. The Labute approximate surface area is 196 Å². The molecule has 0 amide bonds. The zero-order chi connectivity index (χ0) is 23.3. The van der Waals surface area contributed by atoms with Crippen molar-refractivity contribution < 1.29 is 14.3 Å². The number of carbonyl (C=O) groups excluding carboxylic acids is 2. The van der Waals surface area contributed by atoms with Crippen LogP contribution in [0.2, 0.25) is 0 Å². The first-order valence-corrected chi connectivity index (χ1v) is 13.5. The molecule has 4 aliphatic carbocycles. The summed E-state index contributed by atoms with van der Waals surface area (Å²) in [7, 11) is 0. The number of ether oxygens (including phenoxy) is 1. The third-order valence-corrected chi connectivity index (χ3v) is 10.4. The van der Waals surface area contributed by atoms with Gasteiger partial charge in [0.2, 0.25) is 0 Å². The van der Waals surface area contributed by atoms with Gasteiger partial charge in [0.25, 0.3) is 0 Å². The third kappa shape index (κ3) is 4.11. The van der Waals surface area contributed by atoms with Crippen molar-refractivity contribution in [3.05, 3.63) is 11.6 Å². The molecule has 0 aliphatic heterocycles. The van der Waals surface area contributed by atoms with Crippen molar-refractivity contribution >= 4 is 11.8 Å². The van der Waals surface area contributed by atoms with Crippen LogP contribution in [0.5, 0.6) is 0 Å². The third-order valence-electron chi connectivity index (χ3n) is 10.4. The van der Waals surface area contributed by atoms with Crippen LogP contribution in [-0.4, -0.2) is 17.9 Å². The molecule has 3 saturated carbocycles. The molecule has 0 aromatic carbocycles. The summed E-state index contributed by atoms with van der Waals surface area (Å²) in [5.41, 5.74) is 1.70. The van der Waals surface area contributed by atoms with E-state index in [1.54, 1.807) is 0 Å². The second kappa shape index (κ2) is 8.91. The molecular weight excluding hydrogens is 396 g/mol. The van der Waals surface area contributed by atoms with Gasteiger partial charge in [0.15, 0.2) is 5.78 Å². The standard InChI is InChI=1S/C29H46O3/c1-18(2)8-7-9-19(3)23-10-11-24-27-25(13-15-29(23,24)6)28(5)14-12-22(32-20(4)30)16-21(28)17-26(27)31/h17-19,22-25,27H,7-16H2,1-6H3/t19-,22+,23-,24-,25-,27-,28+,29-/m1/s1. The van der Waals surface area contributed by atoms with E-state index in [-0.39, 0.29) is 23.4 Å². The fraction of sp³-hybridized carbons (Fsp3) is 0.862. The summed E-state index contributed by atoms with van der Waals surface area (Å²) in [5, 5.41) is 0. The molecule has 0 spiro atoms. The van der Waals surface area contributed by atoms with Crippen molar-refractivity contribution in [2.45, 2.75) is 112 Å². The minimum Gasteiger partial charge on any atom is -0.462 e. The molecule has 3 fully saturated rings. The number of rotatable bonds is 6. The first-order valence-electron chi connectivity index (χ1n) is 13.5. The Kier molecular flexibility index (Phi) is 6.69. The molecule has 0 aromatic heterocycles. The van der Waals surface area contributed by atoms with Crippen LogP contribution in [0.1, 0.15) is 106 Å². The van der Waals surface area contributed by atoms with E-state index in [2.05, 4.69) is 34.6 Å². The highest BCUT2D eigenvalue weighted by atomic mass is 16.5. The Bertz CT molecular complexity index is 766. The van der Waals surface area contributed by atoms with E-state index in [0.717, 1.165) is 37.0 Å². The largest absolute Gasteiger partial charge is 0.462 e. The first-order chi connectivity index (χ1) is 15.1. The maximum absolute atomic E-state index is 13.6. The van der Waals surface area contributed by atoms with Gasteiger partial charge in [-0.1, -0.05) is 59.5 Å². The fourth-order valence-corrected chi connectivity index (χ4v) is 8.73. The van der Waals surface area contributed by atoms with Crippen LogP contribution in [0.15, 0.2) is 11.6 Å². The molecule has 0 aromatic rings. The van der Waals surface area contributed by atoms with E-state index in [4.69, 9.17) is 4.74 Å². The van der Waals surface area contributed by atoms with Crippen molar-refractivity contribution in [1.29, 1.82) is 0 Å². The van der Waals surface area contributed by atoms with E-state index in [1.807, 2.05) is 6.08 Å². The molecule has 0 heterocycles. The van der Waals surface area contributed by atoms with Crippen molar-refractivity contribution in [2.75, 3.05) is 0 Å². The monoisotopic (exact) mass is 442 g/mol. The van der Waals surface area contributed by atoms with E-state index >= 15 is 0 Å². The van der Waals surface area contributed by atoms with Crippen molar-refractivity contribution in [3.8, 4) is 0 Å². The quantitative estimate of drug-likeness (QED) is 0.411. The van der Waals surface area contributed by atoms with Gasteiger partial charge >= 0.3 is 5.97 Å². The topological polar surface area (TPSA) is 43.4 Å². The number of hydrogen-bond donors (Lipinski definition) is 0. The lowest BCUT2D eigenvalue weighted by atomic mass is 9.46. The van der Waals surface area contributed by atoms with Crippen LogP contribution in [0.4, 0.5) is 0 Å². The lowest BCUT2D eigenvalue weighted by Crippen LogP contribution is -2.53. The predicted octanol–water partition coefficient (Wildman–Crippen LogP) is 7.14. The molecule has 0 N–H and O–H groups in total. The minimum absolute atomic E-state index is 0.0485. The van der Waals surface area contributed by atoms with Crippen LogP contribution in [0, 0.1) is 46.3 Å². The van der Waals surface area contributed by atoms with Gasteiger partial charge in [0.1, 0.15) is 6.10 Å². The molecule has 0 unspecified atom stereocenters. The van der Waals surface area contributed by atoms with E-state index in [0.29, 0.717) is 23.0 Å². The molecule has 0 radical (unpaired) electrons. The lowest BCUT2D eigenvalue weighted by molar-refractivity contribution is -0.149. The van der Waals surface area contributed by atoms with Crippen LogP contribution >= 0.6 is 0 Å². The van der Waals surface area contributed by atoms with Gasteiger partial charge in [-0.3, -0.25) is 9.59 Å². The van der Waals surface area contributed by atoms with Gasteiger partial charge in [-0.25, -0.2) is 0 Å². The molecule has 8 atom stereocenters. The number of esters is 1. The Hall–Kier alpha value is -1.12. The Balaban J connectivity index is 1.52. The maximum Gasteiger partial charge on any atom is 0.302 e. The zero-order valence-corrected chi connectivity index (χ0v) is 21.4. The van der Waals surface area contributed by atoms with Crippen molar-refractivity contribution in [1.82, 2.24) is 0 Å². The first kappa shape index (κ1) is 24.0. The Morgan fingerprint density at radius 3 is 2.50 bits per heavy atom. The van der Waals surface area contributed by atoms with Gasteiger partial charge in [0.05, 0.1) is 0 Å². The SMILES string of the molecule is CC(=O)O[C@H]1CC[C@@]2(C)C(=CC(=O)[C@@H]3[C@H]4CC[C@H]([C@H](C)CCCC(C)C)[C@@]4(C)CC[C@H]32)C1. The molecule has 0 bridgehead atoms. The summed E-state index contributed by atoms with van der Waals surface area (Å²) in [6, 6.07) is 0. The number of fused-ring (bicyclic) bond motifs is 5. The summed E-state index contributed by atoms with van der Waals surface area (Å²) in [4.78, 5) is 25.1. The van der Waals surface area contributed by atoms with Gasteiger partial charge in [0, 0.05) is 19.3 Å². The van der Waals surface area contributed by atoms with Gasteiger partial charge in [-0.05, 0) is 85.0 Å².